The SMILES string of the molecule is COc1ccc(Cl)cc1NC(=O)c1ccc(S(=O)(=O)NCC2CCCO2)cc1. The first kappa shape index (κ1) is 20.6. The number of anilines is 1. The minimum atomic E-state index is -3.66. The molecule has 1 fully saturated rings. The fraction of sp³-hybridized carbons (Fsp3) is 0.316. The maximum absolute atomic E-state index is 12.5. The molecule has 1 aliphatic rings. The van der Waals surface area contributed by atoms with Gasteiger partial charge in [0.05, 0.1) is 23.8 Å². The van der Waals surface area contributed by atoms with Crippen LogP contribution in [0.15, 0.2) is 47.4 Å². The fourth-order valence-corrected chi connectivity index (χ4v) is 4.09. The van der Waals surface area contributed by atoms with E-state index in [2.05, 4.69) is 10.0 Å². The van der Waals surface area contributed by atoms with E-state index in [4.69, 9.17) is 21.1 Å². The molecule has 0 spiro atoms. The average molecular weight is 425 g/mol. The predicted octanol–water partition coefficient (Wildman–Crippen LogP) is 3.06. The highest BCUT2D eigenvalue weighted by atomic mass is 35.5. The highest BCUT2D eigenvalue weighted by Gasteiger charge is 2.20. The first-order valence-electron chi connectivity index (χ1n) is 8.75. The van der Waals surface area contributed by atoms with E-state index >= 15 is 0 Å². The second kappa shape index (κ2) is 8.91. The monoisotopic (exact) mass is 424 g/mol. The molecule has 1 amide bonds. The normalized spacial score (nSPS) is 16.7. The van der Waals surface area contributed by atoms with Crippen molar-refractivity contribution in [1.82, 2.24) is 4.72 Å². The molecule has 9 heteroatoms. The Balaban J connectivity index is 1.68. The van der Waals surface area contributed by atoms with Crippen molar-refractivity contribution in [3.63, 3.8) is 0 Å². The summed E-state index contributed by atoms with van der Waals surface area (Å²) in [4.78, 5) is 12.5. The van der Waals surface area contributed by atoms with Crippen LogP contribution in [0.2, 0.25) is 5.02 Å². The minimum Gasteiger partial charge on any atom is -0.495 e. The molecule has 2 aromatic rings. The first-order chi connectivity index (χ1) is 13.4. The lowest BCUT2D eigenvalue weighted by atomic mass is 10.2. The van der Waals surface area contributed by atoms with Gasteiger partial charge < -0.3 is 14.8 Å². The zero-order valence-corrected chi connectivity index (χ0v) is 16.8. The Kier molecular flexibility index (Phi) is 6.56. The van der Waals surface area contributed by atoms with Crippen LogP contribution in [0.1, 0.15) is 23.2 Å². The van der Waals surface area contributed by atoms with Crippen LogP contribution in [-0.2, 0) is 14.8 Å². The molecule has 0 radical (unpaired) electrons. The molecule has 1 heterocycles. The van der Waals surface area contributed by atoms with Crippen molar-refractivity contribution in [2.45, 2.75) is 23.8 Å². The second-order valence-corrected chi connectivity index (χ2v) is 8.51. The third-order valence-corrected chi connectivity index (χ3v) is 6.04. The Morgan fingerprint density at radius 2 is 2.00 bits per heavy atom. The van der Waals surface area contributed by atoms with Crippen LogP contribution in [-0.4, -0.2) is 40.7 Å². The van der Waals surface area contributed by atoms with Crippen LogP contribution in [0.3, 0.4) is 0 Å². The molecule has 150 valence electrons. The molecule has 2 aromatic carbocycles. The van der Waals surface area contributed by atoms with Crippen molar-refractivity contribution in [2.75, 3.05) is 25.6 Å². The summed E-state index contributed by atoms with van der Waals surface area (Å²) in [7, 11) is -2.18. The Morgan fingerprint density at radius 3 is 2.64 bits per heavy atom. The standard InChI is InChI=1S/C19H21ClN2O5S/c1-26-18-9-6-14(20)11-17(18)22-19(23)13-4-7-16(8-5-13)28(24,25)21-12-15-3-2-10-27-15/h4-9,11,15,21H,2-3,10,12H2,1H3,(H,22,23). The molecule has 28 heavy (non-hydrogen) atoms. The van der Waals surface area contributed by atoms with E-state index in [9.17, 15) is 13.2 Å². The lowest BCUT2D eigenvalue weighted by Crippen LogP contribution is -2.31. The number of nitrogens with one attached hydrogen (secondary N) is 2. The predicted molar refractivity (Wildman–Crippen MR) is 107 cm³/mol. The number of benzene rings is 2. The highest BCUT2D eigenvalue weighted by Crippen LogP contribution is 2.28. The zero-order valence-electron chi connectivity index (χ0n) is 15.3. The summed E-state index contributed by atoms with van der Waals surface area (Å²) in [5, 5.41) is 3.16. The van der Waals surface area contributed by atoms with Crippen molar-refractivity contribution in [1.29, 1.82) is 0 Å². The van der Waals surface area contributed by atoms with Crippen LogP contribution in [0.5, 0.6) is 5.75 Å². The zero-order chi connectivity index (χ0) is 20.1. The van der Waals surface area contributed by atoms with Crippen molar-refractivity contribution in [3.8, 4) is 5.75 Å². The topological polar surface area (TPSA) is 93.7 Å². The Labute approximate surface area is 169 Å². The molecule has 3 rings (SSSR count). The van der Waals surface area contributed by atoms with Gasteiger partial charge >= 0.3 is 0 Å². The molecule has 1 saturated heterocycles. The lowest BCUT2D eigenvalue weighted by molar-refractivity contribution is 0.102. The molecule has 1 unspecified atom stereocenters. The van der Waals surface area contributed by atoms with Crippen LogP contribution in [0.25, 0.3) is 0 Å². The summed E-state index contributed by atoms with van der Waals surface area (Å²) in [6.07, 6.45) is 1.69. The summed E-state index contributed by atoms with van der Waals surface area (Å²) >= 11 is 5.96. The number of carbonyl (C=O) groups excluding carboxylic acids is 1. The quantitative estimate of drug-likeness (QED) is 0.712. The molecule has 0 bridgehead atoms. The van der Waals surface area contributed by atoms with Gasteiger partial charge in [0.1, 0.15) is 5.75 Å². The van der Waals surface area contributed by atoms with Gasteiger partial charge in [-0.1, -0.05) is 11.6 Å². The van der Waals surface area contributed by atoms with Crippen molar-refractivity contribution >= 4 is 33.2 Å². The van der Waals surface area contributed by atoms with Crippen LogP contribution in [0, 0.1) is 0 Å². The number of sulfonamides is 1. The van der Waals surface area contributed by atoms with Crippen LogP contribution in [0.4, 0.5) is 5.69 Å². The molecule has 2 N–H and O–H groups in total. The third-order valence-electron chi connectivity index (χ3n) is 4.36. The molecule has 1 aliphatic heterocycles. The van der Waals surface area contributed by atoms with Gasteiger partial charge in [0.25, 0.3) is 5.91 Å². The van der Waals surface area contributed by atoms with E-state index in [1.54, 1.807) is 18.2 Å². The third kappa shape index (κ3) is 5.02. The number of amides is 1. The second-order valence-electron chi connectivity index (χ2n) is 6.31. The summed E-state index contributed by atoms with van der Waals surface area (Å²) in [6.45, 7) is 0.896. The minimum absolute atomic E-state index is 0.0855. The molecule has 7 nitrogen and oxygen atoms in total. The van der Waals surface area contributed by atoms with Crippen molar-refractivity contribution in [2.24, 2.45) is 0 Å². The average Bonchev–Trinajstić information content (AvgIpc) is 3.20. The van der Waals surface area contributed by atoms with E-state index in [-0.39, 0.29) is 17.5 Å². The Hall–Kier alpha value is -2.13. The van der Waals surface area contributed by atoms with Crippen LogP contribution >= 0.6 is 11.6 Å². The number of methoxy groups -OCH3 is 1. The van der Waals surface area contributed by atoms with Gasteiger partial charge in [-0.25, -0.2) is 13.1 Å². The maximum Gasteiger partial charge on any atom is 0.255 e. The van der Waals surface area contributed by atoms with Gasteiger partial charge in [0, 0.05) is 23.7 Å². The largest absolute Gasteiger partial charge is 0.495 e. The molecule has 1 atom stereocenters. The number of ether oxygens (including phenoxy) is 2. The smallest absolute Gasteiger partial charge is 0.255 e. The molecule has 0 aliphatic carbocycles. The number of rotatable bonds is 7. The number of hydrogen-bond acceptors (Lipinski definition) is 5. The summed E-state index contributed by atoms with van der Waals surface area (Å²) in [5.74, 6) is 0.0621. The van der Waals surface area contributed by atoms with Gasteiger partial charge in [-0.15, -0.1) is 0 Å². The van der Waals surface area contributed by atoms with Gasteiger partial charge in [0.15, 0.2) is 0 Å². The van der Waals surface area contributed by atoms with Crippen LogP contribution < -0.4 is 14.8 Å². The molecule has 0 saturated carbocycles. The van der Waals surface area contributed by atoms with Crippen molar-refractivity contribution < 1.29 is 22.7 Å². The summed E-state index contributed by atoms with van der Waals surface area (Å²) in [5.41, 5.74) is 0.732. The summed E-state index contributed by atoms with van der Waals surface area (Å²) < 4.78 is 37.9. The lowest BCUT2D eigenvalue weighted by Gasteiger charge is -2.12. The highest BCUT2D eigenvalue weighted by molar-refractivity contribution is 7.89. The van der Waals surface area contributed by atoms with E-state index in [0.29, 0.717) is 28.6 Å². The van der Waals surface area contributed by atoms with E-state index in [0.717, 1.165) is 12.8 Å². The van der Waals surface area contributed by atoms with E-state index < -0.39 is 15.9 Å². The Bertz CT molecular complexity index is 941. The number of hydrogen-bond donors (Lipinski definition) is 2. The maximum atomic E-state index is 12.5. The fourth-order valence-electron chi connectivity index (χ4n) is 2.85. The van der Waals surface area contributed by atoms with Gasteiger partial charge in [-0.3, -0.25) is 4.79 Å². The Morgan fingerprint density at radius 1 is 1.25 bits per heavy atom. The number of carbonyl (C=O) groups is 1. The number of halogens is 1. The van der Waals surface area contributed by atoms with Gasteiger partial charge in [-0.2, -0.15) is 0 Å². The van der Waals surface area contributed by atoms with E-state index in [1.165, 1.54) is 31.4 Å². The van der Waals surface area contributed by atoms with Crippen molar-refractivity contribution in [3.05, 3.63) is 53.1 Å². The van der Waals surface area contributed by atoms with E-state index in [1.807, 2.05) is 0 Å². The van der Waals surface area contributed by atoms with Gasteiger partial charge in [-0.05, 0) is 55.3 Å². The van der Waals surface area contributed by atoms with Gasteiger partial charge in [0.2, 0.25) is 10.0 Å². The molecular weight excluding hydrogens is 404 g/mol. The molecular formula is C19H21ClN2O5S. The first-order valence-corrected chi connectivity index (χ1v) is 10.6. The molecule has 0 aromatic heterocycles. The summed E-state index contributed by atoms with van der Waals surface area (Å²) in [6, 6.07) is 10.6.